The summed E-state index contributed by atoms with van der Waals surface area (Å²) < 4.78 is 53.0. The molecule has 17 heavy (non-hydrogen) atoms. The predicted molar refractivity (Wildman–Crippen MR) is 52.0 cm³/mol. The molecule has 0 aliphatic carbocycles. The van der Waals surface area contributed by atoms with Gasteiger partial charge in [-0.2, -0.15) is 0 Å². The van der Waals surface area contributed by atoms with Gasteiger partial charge in [-0.3, -0.25) is 0 Å². The molecule has 86 valence electrons. The van der Waals surface area contributed by atoms with E-state index >= 15 is 0 Å². The standard InChI is InChI=1S/2C6H3F2.Ti/c2*7-5-2-1-3-6(8)4-5;/h2*1-3H;. The van der Waals surface area contributed by atoms with E-state index in [9.17, 15) is 17.6 Å². The molecule has 0 saturated heterocycles. The Morgan fingerprint density at radius 2 is 0.882 bits per heavy atom. The molecule has 0 unspecified atom stereocenters. The fourth-order valence-corrected chi connectivity index (χ4v) is 3.02. The van der Waals surface area contributed by atoms with E-state index in [-0.39, 0.29) is 7.74 Å². The van der Waals surface area contributed by atoms with Crippen molar-refractivity contribution in [3.05, 3.63) is 59.7 Å². The molecule has 0 aliphatic rings. The monoisotopic (exact) mass is 274 g/mol. The Hall–Kier alpha value is -1.13. The zero-order chi connectivity index (χ0) is 12.4. The van der Waals surface area contributed by atoms with Gasteiger partial charge < -0.3 is 0 Å². The summed E-state index contributed by atoms with van der Waals surface area (Å²) in [4.78, 5) is 0. The number of rotatable bonds is 2. The maximum absolute atomic E-state index is 13.3. The molecule has 5 heteroatoms. The van der Waals surface area contributed by atoms with Gasteiger partial charge in [0.05, 0.1) is 0 Å². The number of hydrogen-bond donors (Lipinski definition) is 0. The zero-order valence-corrected chi connectivity index (χ0v) is 10.0. The quantitative estimate of drug-likeness (QED) is 0.582. The Balaban J connectivity index is 2.45. The first kappa shape index (κ1) is 12.3. The van der Waals surface area contributed by atoms with Crippen LogP contribution in [0.15, 0.2) is 36.4 Å². The first-order chi connectivity index (χ1) is 8.09. The first-order valence-electron chi connectivity index (χ1n) is 4.74. The van der Waals surface area contributed by atoms with Crippen LogP contribution in [0.3, 0.4) is 0 Å². The average molecular weight is 274 g/mol. The van der Waals surface area contributed by atoms with Crippen molar-refractivity contribution >= 4 is 7.74 Å². The molecule has 0 aliphatic heterocycles. The number of hydrogen-bond acceptors (Lipinski definition) is 0. The van der Waals surface area contributed by atoms with Gasteiger partial charge in [-0.1, -0.05) is 0 Å². The summed E-state index contributed by atoms with van der Waals surface area (Å²) in [7, 11) is 0. The molecule has 0 aromatic heterocycles. The van der Waals surface area contributed by atoms with E-state index in [1.807, 2.05) is 0 Å². The Labute approximate surface area is 104 Å². The van der Waals surface area contributed by atoms with Crippen molar-refractivity contribution in [3.63, 3.8) is 0 Å². The summed E-state index contributed by atoms with van der Waals surface area (Å²) in [6.07, 6.45) is 0. The molecule has 2 aromatic rings. The Morgan fingerprint density at radius 3 is 1.18 bits per heavy atom. The fraction of sp³-hybridized carbons (Fsp3) is 0. The van der Waals surface area contributed by atoms with Gasteiger partial charge in [-0.05, 0) is 0 Å². The zero-order valence-electron chi connectivity index (χ0n) is 8.48. The van der Waals surface area contributed by atoms with E-state index in [1.165, 1.54) is 12.1 Å². The van der Waals surface area contributed by atoms with Crippen LogP contribution in [-0.4, -0.2) is 0 Å². The van der Waals surface area contributed by atoms with Crippen molar-refractivity contribution in [3.8, 4) is 0 Å². The molecule has 2 aromatic carbocycles. The van der Waals surface area contributed by atoms with E-state index < -0.39 is 42.4 Å². The van der Waals surface area contributed by atoms with Crippen molar-refractivity contribution in [2.24, 2.45) is 0 Å². The minimum absolute atomic E-state index is 0.212. The minimum atomic E-state index is -1.71. The summed E-state index contributed by atoms with van der Waals surface area (Å²) in [5.74, 6) is -3.03. The molecule has 0 bridgehead atoms. The third kappa shape index (κ3) is 2.59. The molecule has 0 amide bonds. The van der Waals surface area contributed by atoms with Gasteiger partial charge in [0.15, 0.2) is 0 Å². The van der Waals surface area contributed by atoms with Crippen LogP contribution in [0.2, 0.25) is 0 Å². The van der Waals surface area contributed by atoms with Gasteiger partial charge >= 0.3 is 104 Å². The molecule has 0 atom stereocenters. The summed E-state index contributed by atoms with van der Waals surface area (Å²) in [5.41, 5.74) is 0. The molecule has 0 spiro atoms. The first-order valence-corrected chi connectivity index (χ1v) is 6.31. The molecule has 0 saturated carbocycles. The van der Waals surface area contributed by atoms with Gasteiger partial charge in [-0.25, -0.2) is 0 Å². The number of halogens is 4. The molecule has 0 N–H and O–H groups in total. The van der Waals surface area contributed by atoms with E-state index in [4.69, 9.17) is 0 Å². The number of benzene rings is 2. The van der Waals surface area contributed by atoms with Crippen LogP contribution in [0, 0.1) is 23.3 Å². The average Bonchev–Trinajstić information content (AvgIpc) is 2.27. The van der Waals surface area contributed by atoms with Crippen molar-refractivity contribution in [1.29, 1.82) is 0 Å². The summed E-state index contributed by atoms with van der Waals surface area (Å²) in [6.45, 7) is 0. The molecular formula is C12H6F4Ti. The predicted octanol–water partition coefficient (Wildman–Crippen LogP) is 2.28. The van der Waals surface area contributed by atoms with Gasteiger partial charge in [0.25, 0.3) is 0 Å². The second kappa shape index (κ2) is 5.02. The van der Waals surface area contributed by atoms with Crippen LogP contribution in [0.1, 0.15) is 0 Å². The van der Waals surface area contributed by atoms with Gasteiger partial charge in [0.1, 0.15) is 0 Å². The Bertz CT molecular complexity index is 464. The van der Waals surface area contributed by atoms with E-state index in [1.54, 1.807) is 0 Å². The second-order valence-corrected chi connectivity index (χ2v) is 5.27. The van der Waals surface area contributed by atoms with Gasteiger partial charge in [0, 0.05) is 0 Å². The molecule has 0 nitrogen and oxygen atoms in total. The van der Waals surface area contributed by atoms with Crippen molar-refractivity contribution in [1.82, 2.24) is 0 Å². The van der Waals surface area contributed by atoms with Crippen LogP contribution in [0.4, 0.5) is 17.6 Å². The second-order valence-electron chi connectivity index (χ2n) is 3.32. The molecule has 0 fully saturated rings. The Kier molecular flexibility index (Phi) is 3.64. The van der Waals surface area contributed by atoms with Crippen LogP contribution >= 0.6 is 0 Å². The fourth-order valence-electron chi connectivity index (χ4n) is 1.36. The van der Waals surface area contributed by atoms with Crippen LogP contribution in [0.25, 0.3) is 0 Å². The van der Waals surface area contributed by atoms with Crippen molar-refractivity contribution < 1.29 is 36.7 Å². The van der Waals surface area contributed by atoms with Crippen LogP contribution in [0.5, 0.6) is 0 Å². The molecular weight excluding hydrogens is 268 g/mol. The van der Waals surface area contributed by atoms with Gasteiger partial charge in [-0.15, -0.1) is 0 Å². The third-order valence-corrected chi connectivity index (χ3v) is 4.45. The summed E-state index contributed by atoms with van der Waals surface area (Å²) in [5, 5.41) is 0. The molecule has 2 rings (SSSR count). The normalized spacial score (nSPS) is 10.4. The molecule has 0 radical (unpaired) electrons. The SMILES string of the molecule is Fc1cccc(F)[c]1[Ti][c]1c(F)cccc1F. The topological polar surface area (TPSA) is 0 Å². The van der Waals surface area contributed by atoms with Gasteiger partial charge in [0.2, 0.25) is 0 Å². The van der Waals surface area contributed by atoms with Crippen molar-refractivity contribution in [2.45, 2.75) is 0 Å². The van der Waals surface area contributed by atoms with Crippen LogP contribution in [-0.2, 0) is 19.2 Å². The van der Waals surface area contributed by atoms with E-state index in [0.717, 1.165) is 24.3 Å². The Morgan fingerprint density at radius 1 is 0.588 bits per heavy atom. The third-order valence-electron chi connectivity index (χ3n) is 2.18. The van der Waals surface area contributed by atoms with Crippen LogP contribution < -0.4 is 7.74 Å². The summed E-state index contributed by atoms with van der Waals surface area (Å²) >= 11 is -1.71. The summed E-state index contributed by atoms with van der Waals surface area (Å²) in [6, 6.07) is 6.78. The van der Waals surface area contributed by atoms with Crippen molar-refractivity contribution in [2.75, 3.05) is 0 Å². The maximum atomic E-state index is 13.3. The molecule has 0 heterocycles. The van der Waals surface area contributed by atoms with E-state index in [2.05, 4.69) is 0 Å². The van der Waals surface area contributed by atoms with E-state index in [0.29, 0.717) is 0 Å².